The molecular weight excluding hydrogens is 838 g/mol. The third-order valence-electron chi connectivity index (χ3n) is 16.9. The van der Waals surface area contributed by atoms with E-state index in [1.807, 2.05) is 0 Å². The number of rotatable bonds is 5. The summed E-state index contributed by atoms with van der Waals surface area (Å²) in [4.78, 5) is 7.87. The molecule has 0 saturated heterocycles. The zero-order valence-electron chi connectivity index (χ0n) is 40.1. The van der Waals surface area contributed by atoms with E-state index in [0.29, 0.717) is 0 Å². The number of anilines is 8. The average molecular weight is 892 g/mol. The highest BCUT2D eigenvalue weighted by molar-refractivity contribution is 7.00. The van der Waals surface area contributed by atoms with Gasteiger partial charge in [-0.2, -0.15) is 0 Å². The van der Waals surface area contributed by atoms with Gasteiger partial charge < -0.3 is 19.1 Å². The van der Waals surface area contributed by atoms with E-state index in [0.717, 1.165) is 50.3 Å². The second-order valence-corrected chi connectivity index (χ2v) is 21.6. The fourth-order valence-electron chi connectivity index (χ4n) is 13.2. The molecule has 0 bridgehead atoms. The predicted molar refractivity (Wildman–Crippen MR) is 292 cm³/mol. The van der Waals surface area contributed by atoms with Crippen molar-refractivity contribution in [1.29, 1.82) is 0 Å². The number of fused-ring (bicyclic) bond motifs is 11. The maximum absolute atomic E-state index is 6.89. The zero-order valence-corrected chi connectivity index (χ0v) is 40.1. The molecule has 69 heavy (non-hydrogen) atoms. The fraction of sp³-hybridized carbons (Fsp3) is 0.188. The van der Waals surface area contributed by atoms with E-state index in [1.54, 1.807) is 0 Å². The van der Waals surface area contributed by atoms with Gasteiger partial charge in [0.1, 0.15) is 5.58 Å². The van der Waals surface area contributed by atoms with E-state index in [1.165, 1.54) is 92.3 Å². The first-order valence-corrected chi connectivity index (χ1v) is 25.0. The van der Waals surface area contributed by atoms with Crippen molar-refractivity contribution < 1.29 is 4.42 Å². The van der Waals surface area contributed by atoms with Crippen molar-refractivity contribution in [3.63, 3.8) is 0 Å². The van der Waals surface area contributed by atoms with Crippen LogP contribution in [0.15, 0.2) is 192 Å². The molecule has 4 nitrogen and oxygen atoms in total. The van der Waals surface area contributed by atoms with Gasteiger partial charge in [-0.25, -0.2) is 0 Å². The summed E-state index contributed by atoms with van der Waals surface area (Å²) in [6, 6.07) is 70.3. The average Bonchev–Trinajstić information content (AvgIpc) is 3.86. The highest BCUT2D eigenvalue weighted by Crippen LogP contribution is 2.62. The summed E-state index contributed by atoms with van der Waals surface area (Å²) >= 11 is 0. The lowest BCUT2D eigenvalue weighted by Crippen LogP contribution is -2.64. The highest BCUT2D eigenvalue weighted by atomic mass is 16.3. The van der Waals surface area contributed by atoms with Crippen LogP contribution < -0.4 is 31.1 Å². The minimum absolute atomic E-state index is 0.0415. The lowest BCUT2D eigenvalue weighted by molar-refractivity contribution is 0.195. The van der Waals surface area contributed by atoms with Gasteiger partial charge in [0.25, 0.3) is 6.71 Å². The molecule has 1 saturated carbocycles. The summed E-state index contributed by atoms with van der Waals surface area (Å²) in [6.07, 6.45) is 4.90. The molecule has 0 radical (unpaired) electrons. The maximum Gasteiger partial charge on any atom is 0.252 e. The van der Waals surface area contributed by atoms with E-state index in [-0.39, 0.29) is 23.1 Å². The van der Waals surface area contributed by atoms with Gasteiger partial charge in [0.2, 0.25) is 0 Å². The van der Waals surface area contributed by atoms with Gasteiger partial charge in [-0.1, -0.05) is 162 Å². The van der Waals surface area contributed by atoms with Gasteiger partial charge in [0.05, 0.1) is 11.2 Å². The fourth-order valence-corrected chi connectivity index (χ4v) is 13.2. The largest absolute Gasteiger partial charge is 0.454 e. The Morgan fingerprint density at radius 3 is 2.16 bits per heavy atom. The molecule has 14 rings (SSSR count). The third kappa shape index (κ3) is 5.71. The molecule has 9 aromatic carbocycles. The second kappa shape index (κ2) is 14.5. The van der Waals surface area contributed by atoms with Crippen LogP contribution in [0.25, 0.3) is 43.8 Å². The van der Waals surface area contributed by atoms with Crippen LogP contribution in [0.4, 0.5) is 45.5 Å². The zero-order chi connectivity index (χ0) is 46.4. The second-order valence-electron chi connectivity index (χ2n) is 21.6. The van der Waals surface area contributed by atoms with Crippen molar-refractivity contribution in [2.24, 2.45) is 0 Å². The first-order valence-electron chi connectivity index (χ1n) is 25.0. The molecule has 0 spiro atoms. The Balaban J connectivity index is 1.04. The van der Waals surface area contributed by atoms with Crippen LogP contribution in [-0.4, -0.2) is 12.3 Å². The van der Waals surface area contributed by atoms with Crippen molar-refractivity contribution >= 4 is 101 Å². The number of hydrogen-bond acceptors (Lipinski definition) is 4. The van der Waals surface area contributed by atoms with Gasteiger partial charge in [0.15, 0.2) is 5.58 Å². The number of para-hydroxylation sites is 4. The lowest BCUT2D eigenvalue weighted by Gasteiger charge is -2.53. The molecule has 1 aromatic heterocycles. The van der Waals surface area contributed by atoms with E-state index in [2.05, 4.69) is 237 Å². The molecule has 3 aliphatic heterocycles. The van der Waals surface area contributed by atoms with E-state index in [9.17, 15) is 0 Å². The predicted octanol–water partition coefficient (Wildman–Crippen LogP) is 15.5. The maximum atomic E-state index is 6.89. The molecular formula is C64H54BN3O. The molecule has 0 N–H and O–H groups in total. The highest BCUT2D eigenvalue weighted by Gasteiger charge is 2.61. The van der Waals surface area contributed by atoms with Crippen molar-refractivity contribution in [1.82, 2.24) is 0 Å². The summed E-state index contributed by atoms with van der Waals surface area (Å²) in [5.74, 6) is 0. The van der Waals surface area contributed by atoms with Crippen LogP contribution in [0, 0.1) is 0 Å². The Bertz CT molecular complexity index is 3750. The van der Waals surface area contributed by atoms with Crippen LogP contribution >= 0.6 is 0 Å². The van der Waals surface area contributed by atoms with E-state index in [4.69, 9.17) is 4.42 Å². The summed E-state index contributed by atoms with van der Waals surface area (Å²) in [5.41, 5.74) is 20.6. The Morgan fingerprint density at radius 2 is 1.29 bits per heavy atom. The minimum atomic E-state index is -0.0834. The van der Waals surface area contributed by atoms with Gasteiger partial charge in [-0.15, -0.1) is 0 Å². The van der Waals surface area contributed by atoms with Crippen molar-refractivity contribution in [2.75, 3.05) is 14.7 Å². The quantitative estimate of drug-likeness (QED) is 0.161. The molecule has 2 atom stereocenters. The van der Waals surface area contributed by atoms with Crippen molar-refractivity contribution in [3.05, 3.63) is 199 Å². The minimum Gasteiger partial charge on any atom is -0.454 e. The molecule has 1 aliphatic carbocycles. The summed E-state index contributed by atoms with van der Waals surface area (Å²) in [7, 11) is 0. The molecule has 1 fully saturated rings. The number of hydrogen-bond donors (Lipinski definition) is 0. The topological polar surface area (TPSA) is 22.9 Å². The molecule has 334 valence electrons. The number of nitrogens with zero attached hydrogens (tertiary/aromatic N) is 3. The molecule has 4 heterocycles. The van der Waals surface area contributed by atoms with E-state index < -0.39 is 0 Å². The number of furan rings is 1. The van der Waals surface area contributed by atoms with E-state index >= 15 is 0 Å². The van der Waals surface area contributed by atoms with Crippen LogP contribution in [0.2, 0.25) is 0 Å². The van der Waals surface area contributed by atoms with Crippen LogP contribution in [-0.2, 0) is 10.8 Å². The van der Waals surface area contributed by atoms with Gasteiger partial charge in [0, 0.05) is 56.0 Å². The third-order valence-corrected chi connectivity index (χ3v) is 16.9. The van der Waals surface area contributed by atoms with Crippen molar-refractivity contribution in [2.45, 2.75) is 76.7 Å². The number of benzene rings is 9. The van der Waals surface area contributed by atoms with Crippen LogP contribution in [0.1, 0.15) is 71.4 Å². The summed E-state index contributed by atoms with van der Waals surface area (Å²) in [6.45, 7) is 12.3. The molecule has 2 unspecified atom stereocenters. The van der Waals surface area contributed by atoms with Gasteiger partial charge >= 0.3 is 0 Å². The molecule has 10 aromatic rings. The monoisotopic (exact) mass is 891 g/mol. The smallest absolute Gasteiger partial charge is 0.252 e. The lowest BCUT2D eigenvalue weighted by atomic mass is 9.33. The van der Waals surface area contributed by atoms with Gasteiger partial charge in [-0.3, -0.25) is 0 Å². The Morgan fingerprint density at radius 1 is 0.565 bits per heavy atom. The Labute approximate surface area is 405 Å². The van der Waals surface area contributed by atoms with Gasteiger partial charge in [-0.05, 0) is 141 Å². The first kappa shape index (κ1) is 40.6. The summed E-state index contributed by atoms with van der Waals surface area (Å²) in [5, 5.41) is 4.69. The SMILES string of the molecule is CC(C)(C)c1cc2c3c(c1)N1c4c(cccc4C4(C)CCCCC14C)B3c1ccc(N(c3cccc(-c4ccc5ccccc5c4)c3)c3cccc4c3oc3ccccc34)cc1N2c1ccccc1. The molecule has 5 heteroatoms. The molecule has 4 aliphatic rings. The Hall–Kier alpha value is -7.50. The molecule has 0 amide bonds. The first-order chi connectivity index (χ1) is 33.6. The summed E-state index contributed by atoms with van der Waals surface area (Å²) < 4.78 is 6.89. The van der Waals surface area contributed by atoms with Crippen LogP contribution in [0.3, 0.4) is 0 Å². The standard InChI is InChI=1S/C64H54BN3O/c1-62(2,3)45-38-56-59-57(39-45)68-60-51(63(4)34-13-14-35-64(63,68)5)26-17-27-53(60)65(59)52-33-32-48(40-55(52)67(56)46-21-7-6-8-22-46)66(54-28-16-25-50-49-24-11-12-29-58(49)69-61(50)54)47-23-15-20-43(37-47)44-31-30-41-18-9-10-19-42(41)36-44/h6-12,15-33,36-40H,13-14,34-35H2,1-5H3. The normalized spacial score (nSPS) is 18.9. The Kier molecular flexibility index (Phi) is 8.53. The van der Waals surface area contributed by atoms with Crippen molar-refractivity contribution in [3.8, 4) is 11.1 Å². The van der Waals surface area contributed by atoms with Crippen LogP contribution in [0.5, 0.6) is 0 Å².